The van der Waals surface area contributed by atoms with Gasteiger partial charge in [0.05, 0.1) is 18.2 Å². The topological polar surface area (TPSA) is 58.6 Å². The molecule has 1 aliphatic carbocycles. The van der Waals surface area contributed by atoms with Crippen LogP contribution in [0.25, 0.3) is 0 Å². The zero-order chi connectivity index (χ0) is 15.2. The van der Waals surface area contributed by atoms with Gasteiger partial charge in [-0.1, -0.05) is 17.7 Å². The van der Waals surface area contributed by atoms with Crippen molar-refractivity contribution in [3.63, 3.8) is 0 Å². The summed E-state index contributed by atoms with van der Waals surface area (Å²) in [6.07, 6.45) is 4.19. The van der Waals surface area contributed by atoms with E-state index in [-0.39, 0.29) is 18.1 Å². The van der Waals surface area contributed by atoms with E-state index in [0.717, 1.165) is 31.2 Å². The molecule has 1 amide bonds. The van der Waals surface area contributed by atoms with E-state index in [1.54, 1.807) is 7.11 Å². The van der Waals surface area contributed by atoms with Gasteiger partial charge in [0, 0.05) is 12.5 Å². The largest absolute Gasteiger partial charge is 0.495 e. The highest BCUT2D eigenvalue weighted by Gasteiger charge is 2.20. The van der Waals surface area contributed by atoms with Crippen LogP contribution in [-0.4, -0.2) is 30.3 Å². The van der Waals surface area contributed by atoms with Crippen LogP contribution in [0.5, 0.6) is 5.75 Å². The Morgan fingerprint density at radius 1 is 1.38 bits per heavy atom. The summed E-state index contributed by atoms with van der Waals surface area (Å²) in [5.41, 5.74) is 1.02. The molecule has 1 fully saturated rings. The van der Waals surface area contributed by atoms with Crippen LogP contribution >= 0.6 is 11.6 Å². The lowest BCUT2D eigenvalue weighted by Gasteiger charge is -2.26. The number of rotatable bonds is 5. The number of hydrogen-bond donors (Lipinski definition) is 2. The standard InChI is InChI=1S/C16H22ClNO3/c1-21-15-8-2-11(10-14(15)17)3-9-16(20)18-12-4-6-13(19)7-5-12/h2,8,10,12-13,19H,3-7,9H2,1H3,(H,18,20). The number of aryl methyl sites for hydroxylation is 1. The molecule has 0 bridgehead atoms. The molecule has 21 heavy (non-hydrogen) atoms. The van der Waals surface area contributed by atoms with Crippen LogP contribution in [0.2, 0.25) is 5.02 Å². The summed E-state index contributed by atoms with van der Waals surface area (Å²) < 4.78 is 5.10. The van der Waals surface area contributed by atoms with Crippen molar-refractivity contribution in [2.24, 2.45) is 0 Å². The van der Waals surface area contributed by atoms with Gasteiger partial charge in [0.1, 0.15) is 5.75 Å². The minimum absolute atomic E-state index is 0.0586. The molecule has 0 saturated heterocycles. The van der Waals surface area contributed by atoms with E-state index >= 15 is 0 Å². The third-order valence-corrected chi connectivity index (χ3v) is 4.21. The second-order valence-electron chi connectivity index (χ2n) is 5.54. The van der Waals surface area contributed by atoms with Gasteiger partial charge in [-0.15, -0.1) is 0 Å². The Kier molecular flexibility index (Phi) is 5.88. The van der Waals surface area contributed by atoms with Crippen molar-refractivity contribution in [1.82, 2.24) is 5.32 Å². The fourth-order valence-corrected chi connectivity index (χ4v) is 2.92. The Balaban J connectivity index is 1.77. The van der Waals surface area contributed by atoms with Crippen molar-refractivity contribution in [3.05, 3.63) is 28.8 Å². The molecular formula is C16H22ClNO3. The first-order valence-corrected chi connectivity index (χ1v) is 7.76. The van der Waals surface area contributed by atoms with E-state index in [9.17, 15) is 9.90 Å². The van der Waals surface area contributed by atoms with E-state index in [2.05, 4.69) is 5.32 Å². The molecular weight excluding hydrogens is 290 g/mol. The summed E-state index contributed by atoms with van der Waals surface area (Å²) in [6.45, 7) is 0. The van der Waals surface area contributed by atoms with Gasteiger partial charge in [0.2, 0.25) is 5.91 Å². The van der Waals surface area contributed by atoms with Gasteiger partial charge in [-0.3, -0.25) is 4.79 Å². The zero-order valence-electron chi connectivity index (χ0n) is 12.3. The van der Waals surface area contributed by atoms with Crippen molar-refractivity contribution < 1.29 is 14.6 Å². The molecule has 0 spiro atoms. The highest BCUT2D eigenvalue weighted by Crippen LogP contribution is 2.25. The quantitative estimate of drug-likeness (QED) is 0.879. The minimum Gasteiger partial charge on any atom is -0.495 e. The SMILES string of the molecule is COc1ccc(CCC(=O)NC2CCC(O)CC2)cc1Cl. The molecule has 1 aromatic rings. The van der Waals surface area contributed by atoms with Crippen LogP contribution in [-0.2, 0) is 11.2 Å². The summed E-state index contributed by atoms with van der Waals surface area (Å²) in [5, 5.41) is 13.1. The van der Waals surface area contributed by atoms with Crippen molar-refractivity contribution in [2.45, 2.75) is 50.7 Å². The fourth-order valence-electron chi connectivity index (χ4n) is 2.64. The molecule has 5 heteroatoms. The van der Waals surface area contributed by atoms with Gasteiger partial charge in [0.25, 0.3) is 0 Å². The fraction of sp³-hybridized carbons (Fsp3) is 0.562. The molecule has 0 unspecified atom stereocenters. The molecule has 116 valence electrons. The van der Waals surface area contributed by atoms with Gasteiger partial charge in [-0.2, -0.15) is 0 Å². The van der Waals surface area contributed by atoms with Gasteiger partial charge in [-0.05, 0) is 49.8 Å². The van der Waals surface area contributed by atoms with Gasteiger partial charge >= 0.3 is 0 Å². The first-order chi connectivity index (χ1) is 10.1. The van der Waals surface area contributed by atoms with Crippen molar-refractivity contribution in [3.8, 4) is 5.75 Å². The molecule has 2 rings (SSSR count). The Bertz CT molecular complexity index is 484. The Hall–Kier alpha value is -1.26. The minimum atomic E-state index is -0.195. The van der Waals surface area contributed by atoms with E-state index in [0.29, 0.717) is 23.6 Å². The highest BCUT2D eigenvalue weighted by atomic mass is 35.5. The normalized spacial score (nSPS) is 21.9. The Labute approximate surface area is 130 Å². The molecule has 0 aliphatic heterocycles. The van der Waals surface area contributed by atoms with Gasteiger partial charge < -0.3 is 15.2 Å². The number of benzene rings is 1. The maximum absolute atomic E-state index is 11.9. The van der Waals surface area contributed by atoms with E-state index in [1.807, 2.05) is 18.2 Å². The average molecular weight is 312 g/mol. The van der Waals surface area contributed by atoms with Gasteiger partial charge in [0.15, 0.2) is 0 Å². The van der Waals surface area contributed by atoms with Crippen molar-refractivity contribution in [1.29, 1.82) is 0 Å². The molecule has 2 N–H and O–H groups in total. The lowest BCUT2D eigenvalue weighted by atomic mass is 9.93. The monoisotopic (exact) mass is 311 g/mol. The number of amides is 1. The number of aliphatic hydroxyl groups excluding tert-OH is 1. The highest BCUT2D eigenvalue weighted by molar-refractivity contribution is 6.32. The number of nitrogens with one attached hydrogen (secondary N) is 1. The zero-order valence-corrected chi connectivity index (χ0v) is 13.0. The van der Waals surface area contributed by atoms with E-state index in [4.69, 9.17) is 16.3 Å². The summed E-state index contributed by atoms with van der Waals surface area (Å²) in [7, 11) is 1.58. The first-order valence-electron chi connectivity index (χ1n) is 7.38. The third-order valence-electron chi connectivity index (χ3n) is 3.92. The molecule has 1 aromatic carbocycles. The van der Waals surface area contributed by atoms with Crippen molar-refractivity contribution in [2.75, 3.05) is 7.11 Å². The summed E-state index contributed by atoms with van der Waals surface area (Å²) in [5.74, 6) is 0.703. The third kappa shape index (κ3) is 4.90. The van der Waals surface area contributed by atoms with Crippen LogP contribution in [0.4, 0.5) is 0 Å². The number of hydrogen-bond acceptors (Lipinski definition) is 3. The molecule has 0 aromatic heterocycles. The molecule has 0 heterocycles. The number of ether oxygens (including phenoxy) is 1. The number of halogens is 1. The molecule has 4 nitrogen and oxygen atoms in total. The summed E-state index contributed by atoms with van der Waals surface area (Å²) in [6, 6.07) is 5.79. The lowest BCUT2D eigenvalue weighted by Crippen LogP contribution is -2.38. The molecule has 0 radical (unpaired) electrons. The van der Waals surface area contributed by atoms with Gasteiger partial charge in [-0.25, -0.2) is 0 Å². The van der Waals surface area contributed by atoms with Crippen LogP contribution in [0, 0.1) is 0 Å². The molecule has 0 atom stereocenters. The maximum Gasteiger partial charge on any atom is 0.220 e. The summed E-state index contributed by atoms with van der Waals surface area (Å²) >= 11 is 6.06. The lowest BCUT2D eigenvalue weighted by molar-refractivity contribution is -0.122. The average Bonchev–Trinajstić information content (AvgIpc) is 2.48. The van der Waals surface area contributed by atoms with E-state index in [1.165, 1.54) is 0 Å². The number of methoxy groups -OCH3 is 1. The van der Waals surface area contributed by atoms with Crippen molar-refractivity contribution >= 4 is 17.5 Å². The second-order valence-corrected chi connectivity index (χ2v) is 5.95. The molecule has 1 aliphatic rings. The predicted octanol–water partition coefficient (Wildman–Crippen LogP) is 2.70. The molecule has 1 saturated carbocycles. The second kappa shape index (κ2) is 7.66. The van der Waals surface area contributed by atoms with Crippen LogP contribution in [0.1, 0.15) is 37.7 Å². The number of carbonyl (C=O) groups is 1. The summed E-state index contributed by atoms with van der Waals surface area (Å²) in [4.78, 5) is 11.9. The number of carbonyl (C=O) groups excluding carboxylic acids is 1. The Morgan fingerprint density at radius 2 is 2.10 bits per heavy atom. The van der Waals surface area contributed by atoms with Crippen LogP contribution in [0.3, 0.4) is 0 Å². The first kappa shape index (κ1) is 16.1. The van der Waals surface area contributed by atoms with E-state index < -0.39 is 0 Å². The Morgan fingerprint density at radius 3 is 2.71 bits per heavy atom. The predicted molar refractivity (Wildman–Crippen MR) is 82.7 cm³/mol. The maximum atomic E-state index is 11.9. The van der Waals surface area contributed by atoms with Crippen LogP contribution < -0.4 is 10.1 Å². The number of aliphatic hydroxyl groups is 1. The van der Waals surface area contributed by atoms with Crippen LogP contribution in [0.15, 0.2) is 18.2 Å². The smallest absolute Gasteiger partial charge is 0.220 e.